The highest BCUT2D eigenvalue weighted by Crippen LogP contribution is 2.44. The molecule has 1 aliphatic rings. The van der Waals surface area contributed by atoms with Gasteiger partial charge in [0.05, 0.1) is 20.3 Å². The molecular formula is C27H31BrN2O3. The third-order valence-corrected chi connectivity index (χ3v) is 6.69. The molecule has 0 radical (unpaired) electrons. The van der Waals surface area contributed by atoms with Gasteiger partial charge in [0, 0.05) is 24.1 Å². The van der Waals surface area contributed by atoms with Crippen molar-refractivity contribution in [2.75, 3.05) is 40.4 Å². The highest BCUT2D eigenvalue weighted by molar-refractivity contribution is 9.10. The van der Waals surface area contributed by atoms with E-state index in [1.165, 1.54) is 5.56 Å². The van der Waals surface area contributed by atoms with Gasteiger partial charge in [-0.25, -0.2) is 0 Å². The zero-order chi connectivity index (χ0) is 23.0. The Labute approximate surface area is 204 Å². The molecule has 0 aromatic heterocycles. The van der Waals surface area contributed by atoms with Crippen molar-refractivity contribution in [2.45, 2.75) is 19.1 Å². The van der Waals surface area contributed by atoms with Gasteiger partial charge in [-0.1, -0.05) is 64.5 Å². The number of hydrogen-bond donors (Lipinski definition) is 1. The predicted molar refractivity (Wildman–Crippen MR) is 135 cm³/mol. The predicted octanol–water partition coefficient (Wildman–Crippen LogP) is 5.43. The molecule has 3 aromatic rings. The zero-order valence-electron chi connectivity index (χ0n) is 19.2. The van der Waals surface area contributed by atoms with E-state index in [4.69, 9.17) is 14.2 Å². The van der Waals surface area contributed by atoms with Gasteiger partial charge in [0.25, 0.3) is 0 Å². The fraction of sp³-hybridized carbons (Fsp3) is 0.333. The normalized spacial score (nSPS) is 15.5. The lowest BCUT2D eigenvalue weighted by Gasteiger charge is -2.32. The van der Waals surface area contributed by atoms with E-state index in [-0.39, 0.29) is 6.04 Å². The van der Waals surface area contributed by atoms with Gasteiger partial charge in [0.15, 0.2) is 11.5 Å². The number of benzene rings is 3. The number of rotatable bonds is 8. The van der Waals surface area contributed by atoms with E-state index in [1.807, 2.05) is 30.3 Å². The quantitative estimate of drug-likeness (QED) is 0.437. The second-order valence-electron chi connectivity index (χ2n) is 8.09. The molecule has 5 nitrogen and oxygen atoms in total. The Morgan fingerprint density at radius 2 is 1.61 bits per heavy atom. The van der Waals surface area contributed by atoms with Crippen LogP contribution < -0.4 is 19.5 Å². The maximum absolute atomic E-state index is 6.18. The number of methoxy groups -OCH3 is 2. The van der Waals surface area contributed by atoms with Gasteiger partial charge in [-0.3, -0.25) is 4.90 Å². The van der Waals surface area contributed by atoms with Gasteiger partial charge in [-0.2, -0.15) is 0 Å². The molecule has 0 spiro atoms. The highest BCUT2D eigenvalue weighted by Gasteiger charge is 2.27. The van der Waals surface area contributed by atoms with Crippen molar-refractivity contribution in [3.63, 3.8) is 0 Å². The number of halogens is 1. The molecule has 0 amide bonds. The van der Waals surface area contributed by atoms with Crippen LogP contribution in [0.4, 0.5) is 0 Å². The van der Waals surface area contributed by atoms with Gasteiger partial charge < -0.3 is 19.5 Å². The topological polar surface area (TPSA) is 43.0 Å². The van der Waals surface area contributed by atoms with E-state index in [0.717, 1.165) is 48.2 Å². The lowest BCUT2D eigenvalue weighted by Crippen LogP contribution is -2.33. The molecule has 1 fully saturated rings. The summed E-state index contributed by atoms with van der Waals surface area (Å²) in [5.41, 5.74) is 3.43. The number of hydrogen-bond acceptors (Lipinski definition) is 5. The molecule has 174 valence electrons. The minimum Gasteiger partial charge on any atom is -0.493 e. The second kappa shape index (κ2) is 11.5. The zero-order valence-corrected chi connectivity index (χ0v) is 20.8. The molecule has 0 saturated carbocycles. The Kier molecular flexibility index (Phi) is 8.26. The Hall–Kier alpha value is -2.54. The van der Waals surface area contributed by atoms with Gasteiger partial charge in [-0.15, -0.1) is 0 Å². The minimum atomic E-state index is 0.0615. The van der Waals surface area contributed by atoms with Crippen molar-refractivity contribution in [2.24, 2.45) is 0 Å². The monoisotopic (exact) mass is 510 g/mol. The van der Waals surface area contributed by atoms with Crippen LogP contribution in [0.3, 0.4) is 0 Å². The lowest BCUT2D eigenvalue weighted by molar-refractivity contribution is 0.237. The van der Waals surface area contributed by atoms with Crippen LogP contribution in [0.15, 0.2) is 71.2 Å². The molecule has 6 heteroatoms. The van der Waals surface area contributed by atoms with Crippen LogP contribution in [-0.4, -0.2) is 45.3 Å². The fourth-order valence-corrected chi connectivity index (χ4v) is 4.84. The van der Waals surface area contributed by atoms with Crippen molar-refractivity contribution >= 4 is 15.9 Å². The molecule has 1 aliphatic heterocycles. The maximum Gasteiger partial charge on any atom is 0.203 e. The number of nitrogens with one attached hydrogen (secondary N) is 1. The number of nitrogens with zero attached hydrogens (tertiary/aromatic N) is 1. The summed E-state index contributed by atoms with van der Waals surface area (Å²) in [6.45, 7) is 4.42. The first-order valence-corrected chi connectivity index (χ1v) is 12.1. The van der Waals surface area contributed by atoms with E-state index in [2.05, 4.69) is 62.5 Å². The smallest absolute Gasteiger partial charge is 0.203 e. The van der Waals surface area contributed by atoms with Crippen molar-refractivity contribution in [3.8, 4) is 17.2 Å². The van der Waals surface area contributed by atoms with Crippen LogP contribution in [0.5, 0.6) is 17.2 Å². The molecule has 0 aliphatic carbocycles. The molecule has 1 N–H and O–H groups in total. The van der Waals surface area contributed by atoms with Gasteiger partial charge >= 0.3 is 0 Å². The molecular weight excluding hydrogens is 480 g/mol. The summed E-state index contributed by atoms with van der Waals surface area (Å²) in [5, 5.41) is 3.51. The molecule has 1 saturated heterocycles. The summed E-state index contributed by atoms with van der Waals surface area (Å²) in [6.07, 6.45) is 1.10. The van der Waals surface area contributed by atoms with Gasteiger partial charge in [0.2, 0.25) is 5.75 Å². The first kappa shape index (κ1) is 23.6. The minimum absolute atomic E-state index is 0.0615. The fourth-order valence-electron chi connectivity index (χ4n) is 4.34. The third kappa shape index (κ3) is 5.69. The van der Waals surface area contributed by atoms with Crippen LogP contribution >= 0.6 is 15.9 Å². The molecule has 33 heavy (non-hydrogen) atoms. The van der Waals surface area contributed by atoms with Crippen LogP contribution in [-0.2, 0) is 6.61 Å². The van der Waals surface area contributed by atoms with E-state index in [9.17, 15) is 0 Å². The van der Waals surface area contributed by atoms with Crippen LogP contribution in [0.1, 0.15) is 29.2 Å². The van der Waals surface area contributed by atoms with E-state index in [1.54, 1.807) is 14.2 Å². The Bertz CT molecular complexity index is 1010. The number of ether oxygens (including phenoxy) is 3. The summed E-state index contributed by atoms with van der Waals surface area (Å²) < 4.78 is 18.9. The van der Waals surface area contributed by atoms with Crippen molar-refractivity contribution in [1.82, 2.24) is 10.2 Å². The molecule has 3 aromatic carbocycles. The van der Waals surface area contributed by atoms with Crippen LogP contribution in [0.2, 0.25) is 0 Å². The Morgan fingerprint density at radius 1 is 0.909 bits per heavy atom. The summed E-state index contributed by atoms with van der Waals surface area (Å²) in [6, 6.07) is 22.8. The Balaban J connectivity index is 1.74. The molecule has 4 rings (SSSR count). The average Bonchev–Trinajstić information content (AvgIpc) is 3.14. The van der Waals surface area contributed by atoms with Crippen molar-refractivity contribution in [3.05, 3.63) is 87.9 Å². The van der Waals surface area contributed by atoms with Gasteiger partial charge in [-0.05, 0) is 47.9 Å². The standard InChI is InChI=1S/C27H31BrN2O3/c1-31-24-17-21(18-25(32-2)27(24)33-19-20-9-4-3-5-10-20)26(22-11-6-7-12-23(22)28)30-15-8-13-29-14-16-30/h3-7,9-12,17-18,26,29H,8,13-16,19H2,1-2H3. The van der Waals surface area contributed by atoms with E-state index < -0.39 is 0 Å². The summed E-state index contributed by atoms with van der Waals surface area (Å²) in [7, 11) is 3.36. The molecule has 1 atom stereocenters. The summed E-state index contributed by atoms with van der Waals surface area (Å²) >= 11 is 3.79. The SMILES string of the molecule is COc1cc(C(c2ccccc2Br)N2CCCNCC2)cc(OC)c1OCc1ccccc1. The molecule has 1 unspecified atom stereocenters. The first-order chi connectivity index (χ1) is 16.2. The average molecular weight is 511 g/mol. The molecule has 0 bridgehead atoms. The third-order valence-electron chi connectivity index (χ3n) is 5.96. The summed E-state index contributed by atoms with van der Waals surface area (Å²) in [4.78, 5) is 2.53. The van der Waals surface area contributed by atoms with Crippen LogP contribution in [0.25, 0.3) is 0 Å². The second-order valence-corrected chi connectivity index (χ2v) is 8.95. The maximum atomic E-state index is 6.18. The highest BCUT2D eigenvalue weighted by atomic mass is 79.9. The van der Waals surface area contributed by atoms with Crippen LogP contribution in [0, 0.1) is 0 Å². The van der Waals surface area contributed by atoms with Crippen molar-refractivity contribution < 1.29 is 14.2 Å². The lowest BCUT2D eigenvalue weighted by atomic mass is 9.96. The van der Waals surface area contributed by atoms with E-state index in [0.29, 0.717) is 23.9 Å². The molecule has 1 heterocycles. The Morgan fingerprint density at radius 3 is 2.30 bits per heavy atom. The largest absolute Gasteiger partial charge is 0.493 e. The van der Waals surface area contributed by atoms with E-state index >= 15 is 0 Å². The summed E-state index contributed by atoms with van der Waals surface area (Å²) in [5.74, 6) is 1.96. The first-order valence-electron chi connectivity index (χ1n) is 11.3. The van der Waals surface area contributed by atoms with Crippen molar-refractivity contribution in [1.29, 1.82) is 0 Å². The van der Waals surface area contributed by atoms with Gasteiger partial charge in [0.1, 0.15) is 6.61 Å².